The predicted octanol–water partition coefficient (Wildman–Crippen LogP) is 2.60. The van der Waals surface area contributed by atoms with Crippen LogP contribution in [-0.2, 0) is 4.74 Å². The van der Waals surface area contributed by atoms with Gasteiger partial charge in [0.2, 0.25) is 0 Å². The van der Waals surface area contributed by atoms with Crippen molar-refractivity contribution in [3.05, 3.63) is 24.8 Å². The maximum Gasteiger partial charge on any atom is 0.410 e. The molecule has 1 amide bonds. The highest BCUT2D eigenvalue weighted by Gasteiger charge is 2.30. The van der Waals surface area contributed by atoms with Crippen LogP contribution >= 0.6 is 0 Å². The Bertz CT molecular complexity index is 288. The lowest BCUT2D eigenvalue weighted by Crippen LogP contribution is -2.35. The molecule has 0 bridgehead atoms. The van der Waals surface area contributed by atoms with Crippen molar-refractivity contribution in [2.75, 3.05) is 13.1 Å². The van der Waals surface area contributed by atoms with Crippen LogP contribution in [0, 0.1) is 5.92 Å². The molecule has 1 saturated heterocycles. The standard InChI is InChI=1S/C12H19NO2/c1-6-10-8-13(7-9(10)2)11(14)15-12(3,4)5/h6,10H,1-2,7-8H2,3-5H3. The Hall–Kier alpha value is -1.25. The third-order valence-electron chi connectivity index (χ3n) is 2.27. The van der Waals surface area contributed by atoms with Crippen molar-refractivity contribution in [2.45, 2.75) is 26.4 Å². The van der Waals surface area contributed by atoms with Crippen molar-refractivity contribution in [1.29, 1.82) is 0 Å². The van der Waals surface area contributed by atoms with Crippen LogP contribution in [0.3, 0.4) is 0 Å². The summed E-state index contributed by atoms with van der Waals surface area (Å²) in [5.74, 6) is 0.206. The number of likely N-dealkylation sites (tertiary alicyclic amines) is 1. The van der Waals surface area contributed by atoms with E-state index in [2.05, 4.69) is 13.2 Å². The Morgan fingerprint density at radius 2 is 2.20 bits per heavy atom. The van der Waals surface area contributed by atoms with Crippen LogP contribution in [-0.4, -0.2) is 29.7 Å². The van der Waals surface area contributed by atoms with Gasteiger partial charge in [0.15, 0.2) is 0 Å². The first-order valence-corrected chi connectivity index (χ1v) is 5.11. The first-order chi connectivity index (χ1) is 6.83. The highest BCUT2D eigenvalue weighted by molar-refractivity contribution is 5.69. The summed E-state index contributed by atoms with van der Waals surface area (Å²) >= 11 is 0. The summed E-state index contributed by atoms with van der Waals surface area (Å²) in [7, 11) is 0. The van der Waals surface area contributed by atoms with Gasteiger partial charge in [0.1, 0.15) is 5.60 Å². The summed E-state index contributed by atoms with van der Waals surface area (Å²) in [6.07, 6.45) is 1.56. The molecule has 1 heterocycles. The van der Waals surface area contributed by atoms with Crippen molar-refractivity contribution in [3.63, 3.8) is 0 Å². The van der Waals surface area contributed by atoms with Gasteiger partial charge < -0.3 is 9.64 Å². The molecule has 0 spiro atoms. The molecule has 1 aliphatic heterocycles. The molecule has 0 radical (unpaired) electrons. The lowest BCUT2D eigenvalue weighted by molar-refractivity contribution is 0.0294. The second-order valence-corrected chi connectivity index (χ2v) is 4.86. The SMILES string of the molecule is C=CC1CN(C(=O)OC(C)(C)C)CC1=C. The van der Waals surface area contributed by atoms with Crippen LogP contribution < -0.4 is 0 Å². The fourth-order valence-electron chi connectivity index (χ4n) is 1.50. The maximum absolute atomic E-state index is 11.7. The van der Waals surface area contributed by atoms with Crippen molar-refractivity contribution in [3.8, 4) is 0 Å². The van der Waals surface area contributed by atoms with E-state index in [9.17, 15) is 4.79 Å². The van der Waals surface area contributed by atoms with E-state index in [0.717, 1.165) is 5.57 Å². The Morgan fingerprint density at radius 1 is 1.60 bits per heavy atom. The molecule has 0 saturated carbocycles. The molecule has 0 N–H and O–H groups in total. The number of hydrogen-bond acceptors (Lipinski definition) is 2. The molecule has 3 heteroatoms. The monoisotopic (exact) mass is 209 g/mol. The molecule has 0 aromatic carbocycles. The third-order valence-corrected chi connectivity index (χ3v) is 2.27. The zero-order chi connectivity index (χ0) is 11.6. The molecule has 0 aliphatic carbocycles. The number of hydrogen-bond donors (Lipinski definition) is 0. The molecular weight excluding hydrogens is 190 g/mol. The normalized spacial score (nSPS) is 21.7. The Labute approximate surface area is 91.4 Å². The Morgan fingerprint density at radius 3 is 2.60 bits per heavy atom. The maximum atomic E-state index is 11.7. The average Bonchev–Trinajstić information content (AvgIpc) is 2.43. The number of nitrogens with zero attached hydrogens (tertiary/aromatic N) is 1. The molecule has 3 nitrogen and oxygen atoms in total. The molecule has 1 rings (SSSR count). The van der Waals surface area contributed by atoms with E-state index in [1.54, 1.807) is 4.90 Å². The van der Waals surface area contributed by atoms with Crippen molar-refractivity contribution >= 4 is 6.09 Å². The van der Waals surface area contributed by atoms with Crippen LogP contribution in [0.15, 0.2) is 24.8 Å². The van der Waals surface area contributed by atoms with Gasteiger partial charge in [-0.1, -0.05) is 12.7 Å². The summed E-state index contributed by atoms with van der Waals surface area (Å²) in [6.45, 7) is 14.4. The van der Waals surface area contributed by atoms with Gasteiger partial charge in [-0.25, -0.2) is 4.79 Å². The summed E-state index contributed by atoms with van der Waals surface area (Å²) in [5.41, 5.74) is 0.584. The van der Waals surface area contributed by atoms with Crippen molar-refractivity contribution in [1.82, 2.24) is 4.90 Å². The molecule has 0 aromatic heterocycles. The summed E-state index contributed by atoms with van der Waals surface area (Å²) in [6, 6.07) is 0. The predicted molar refractivity (Wildman–Crippen MR) is 60.6 cm³/mol. The van der Waals surface area contributed by atoms with Gasteiger partial charge in [-0.05, 0) is 26.3 Å². The molecule has 84 valence electrons. The molecule has 1 fully saturated rings. The van der Waals surface area contributed by atoms with Gasteiger partial charge in [-0.2, -0.15) is 0 Å². The van der Waals surface area contributed by atoms with Gasteiger partial charge in [0.05, 0.1) is 0 Å². The van der Waals surface area contributed by atoms with Crippen molar-refractivity contribution in [2.24, 2.45) is 5.92 Å². The lowest BCUT2D eigenvalue weighted by atomic mass is 10.1. The van der Waals surface area contributed by atoms with Crippen LogP contribution in [0.2, 0.25) is 0 Å². The minimum absolute atomic E-state index is 0.206. The topological polar surface area (TPSA) is 29.5 Å². The van der Waals surface area contributed by atoms with Gasteiger partial charge in [0.25, 0.3) is 0 Å². The number of amides is 1. The first-order valence-electron chi connectivity index (χ1n) is 5.11. The van der Waals surface area contributed by atoms with E-state index in [1.165, 1.54) is 0 Å². The second kappa shape index (κ2) is 4.09. The van der Waals surface area contributed by atoms with Gasteiger partial charge in [0, 0.05) is 19.0 Å². The zero-order valence-electron chi connectivity index (χ0n) is 9.75. The zero-order valence-corrected chi connectivity index (χ0v) is 9.75. The Balaban J connectivity index is 2.57. The minimum atomic E-state index is -0.440. The number of carbonyl (C=O) groups is 1. The highest BCUT2D eigenvalue weighted by Crippen LogP contribution is 2.23. The fraction of sp³-hybridized carbons (Fsp3) is 0.583. The van der Waals surface area contributed by atoms with Crippen LogP contribution in [0.5, 0.6) is 0 Å². The third kappa shape index (κ3) is 3.11. The van der Waals surface area contributed by atoms with Gasteiger partial charge in [-0.3, -0.25) is 0 Å². The molecule has 0 aromatic rings. The average molecular weight is 209 g/mol. The van der Waals surface area contributed by atoms with Gasteiger partial charge >= 0.3 is 6.09 Å². The number of ether oxygens (including phenoxy) is 1. The summed E-state index contributed by atoms with van der Waals surface area (Å²) in [4.78, 5) is 13.4. The number of carbonyl (C=O) groups excluding carboxylic acids is 1. The van der Waals surface area contributed by atoms with Crippen LogP contribution in [0.25, 0.3) is 0 Å². The number of rotatable bonds is 1. The molecule has 1 aliphatic rings. The molecule has 15 heavy (non-hydrogen) atoms. The fourth-order valence-corrected chi connectivity index (χ4v) is 1.50. The second-order valence-electron chi connectivity index (χ2n) is 4.86. The summed E-state index contributed by atoms with van der Waals surface area (Å²) < 4.78 is 5.27. The van der Waals surface area contributed by atoms with E-state index in [-0.39, 0.29) is 12.0 Å². The highest BCUT2D eigenvalue weighted by atomic mass is 16.6. The van der Waals surface area contributed by atoms with E-state index >= 15 is 0 Å². The van der Waals surface area contributed by atoms with Crippen LogP contribution in [0.4, 0.5) is 4.79 Å². The molecule has 1 atom stereocenters. The summed E-state index contributed by atoms with van der Waals surface area (Å²) in [5, 5.41) is 0. The van der Waals surface area contributed by atoms with E-state index in [1.807, 2.05) is 26.8 Å². The Kier molecular flexibility index (Phi) is 3.22. The van der Waals surface area contributed by atoms with E-state index in [4.69, 9.17) is 4.74 Å². The quantitative estimate of drug-likeness (QED) is 0.621. The smallest absolute Gasteiger partial charge is 0.410 e. The van der Waals surface area contributed by atoms with Gasteiger partial charge in [-0.15, -0.1) is 6.58 Å². The van der Waals surface area contributed by atoms with Crippen molar-refractivity contribution < 1.29 is 9.53 Å². The largest absolute Gasteiger partial charge is 0.444 e. The minimum Gasteiger partial charge on any atom is -0.444 e. The first kappa shape index (κ1) is 11.8. The molecular formula is C12H19NO2. The van der Waals surface area contributed by atoms with E-state index in [0.29, 0.717) is 13.1 Å². The van der Waals surface area contributed by atoms with Crippen LogP contribution in [0.1, 0.15) is 20.8 Å². The molecule has 1 unspecified atom stereocenters. The van der Waals surface area contributed by atoms with E-state index < -0.39 is 5.60 Å². The lowest BCUT2D eigenvalue weighted by Gasteiger charge is -2.24.